The van der Waals surface area contributed by atoms with Gasteiger partial charge in [0.25, 0.3) is 0 Å². The van der Waals surface area contributed by atoms with Crippen LogP contribution in [0.4, 0.5) is 0 Å². The van der Waals surface area contributed by atoms with E-state index in [1.165, 1.54) is 11.3 Å². The summed E-state index contributed by atoms with van der Waals surface area (Å²) < 4.78 is 5.59. The summed E-state index contributed by atoms with van der Waals surface area (Å²) in [5, 5.41) is 12.7. The summed E-state index contributed by atoms with van der Waals surface area (Å²) in [6.07, 6.45) is 1.50. The summed E-state index contributed by atoms with van der Waals surface area (Å²) in [5.41, 5.74) is 0.826. The molecule has 19 heavy (non-hydrogen) atoms. The van der Waals surface area contributed by atoms with E-state index in [0.717, 1.165) is 35.6 Å². The Kier molecular flexibility index (Phi) is 5.25. The lowest BCUT2D eigenvalue weighted by Crippen LogP contribution is -1.99. The van der Waals surface area contributed by atoms with Gasteiger partial charge in [-0.05, 0) is 35.6 Å². The molecule has 0 aliphatic rings. The van der Waals surface area contributed by atoms with Crippen LogP contribution in [0.5, 0.6) is 5.75 Å². The van der Waals surface area contributed by atoms with E-state index in [2.05, 4.69) is 6.92 Å². The van der Waals surface area contributed by atoms with Gasteiger partial charge >= 0.3 is 0 Å². The van der Waals surface area contributed by atoms with Gasteiger partial charge in [-0.15, -0.1) is 11.3 Å². The monoisotopic (exact) mass is 296 g/mol. The maximum absolute atomic E-state index is 10.3. The van der Waals surface area contributed by atoms with Crippen molar-refractivity contribution in [2.24, 2.45) is 0 Å². The van der Waals surface area contributed by atoms with E-state index in [1.54, 1.807) is 6.07 Å². The van der Waals surface area contributed by atoms with Gasteiger partial charge in [0.2, 0.25) is 0 Å². The molecule has 0 saturated heterocycles. The minimum Gasteiger partial charge on any atom is -0.494 e. The fourth-order valence-electron chi connectivity index (χ4n) is 1.73. The van der Waals surface area contributed by atoms with E-state index in [9.17, 15) is 5.11 Å². The minimum absolute atomic E-state index is 0.612. The third-order valence-corrected chi connectivity index (χ3v) is 4.27. The fourth-order valence-corrected chi connectivity index (χ4v) is 2.90. The quantitative estimate of drug-likeness (QED) is 0.786. The Hall–Kier alpha value is -1.03. The third-order valence-electron chi connectivity index (χ3n) is 2.86. The Morgan fingerprint density at radius 1 is 1.26 bits per heavy atom. The Bertz CT molecular complexity index is 507. The molecule has 0 bridgehead atoms. The molecule has 1 aromatic carbocycles. The van der Waals surface area contributed by atoms with Crippen molar-refractivity contribution >= 4 is 22.9 Å². The first kappa shape index (κ1) is 14.4. The Balaban J connectivity index is 2.04. The molecule has 2 aromatic rings. The van der Waals surface area contributed by atoms with Gasteiger partial charge in [-0.1, -0.05) is 37.1 Å². The first-order valence-corrected chi connectivity index (χ1v) is 7.62. The molecule has 2 nitrogen and oxygen atoms in total. The summed E-state index contributed by atoms with van der Waals surface area (Å²) >= 11 is 7.49. The van der Waals surface area contributed by atoms with Crippen molar-refractivity contribution in [1.29, 1.82) is 0 Å². The smallest absolute Gasteiger partial charge is 0.119 e. The van der Waals surface area contributed by atoms with Gasteiger partial charge in [-0.3, -0.25) is 0 Å². The van der Waals surface area contributed by atoms with Crippen LogP contribution < -0.4 is 4.74 Å². The van der Waals surface area contributed by atoms with Crippen LogP contribution >= 0.6 is 22.9 Å². The van der Waals surface area contributed by atoms with Crippen LogP contribution in [-0.4, -0.2) is 11.7 Å². The molecule has 1 N–H and O–H groups in total. The van der Waals surface area contributed by atoms with Gasteiger partial charge in [-0.2, -0.15) is 0 Å². The van der Waals surface area contributed by atoms with Crippen molar-refractivity contribution in [1.82, 2.24) is 0 Å². The maximum Gasteiger partial charge on any atom is 0.119 e. The highest BCUT2D eigenvalue weighted by molar-refractivity contribution is 7.10. The number of hydrogen-bond acceptors (Lipinski definition) is 3. The molecule has 2 rings (SSSR count). The van der Waals surface area contributed by atoms with Crippen molar-refractivity contribution < 1.29 is 9.84 Å². The van der Waals surface area contributed by atoms with Gasteiger partial charge in [0.1, 0.15) is 11.9 Å². The van der Waals surface area contributed by atoms with Crippen LogP contribution in [0.1, 0.15) is 36.3 Å². The van der Waals surface area contributed by atoms with E-state index in [4.69, 9.17) is 16.3 Å². The van der Waals surface area contributed by atoms with Crippen molar-refractivity contribution in [3.05, 3.63) is 51.2 Å². The number of benzene rings is 1. The molecule has 1 heterocycles. The lowest BCUT2D eigenvalue weighted by Gasteiger charge is -2.11. The predicted molar refractivity (Wildman–Crippen MR) is 80.2 cm³/mol. The molecular weight excluding hydrogens is 280 g/mol. The van der Waals surface area contributed by atoms with E-state index in [0.29, 0.717) is 5.02 Å². The second kappa shape index (κ2) is 6.94. The van der Waals surface area contributed by atoms with E-state index in [1.807, 2.05) is 29.6 Å². The second-order valence-electron chi connectivity index (χ2n) is 4.31. The number of hydrogen-bond donors (Lipinski definition) is 1. The van der Waals surface area contributed by atoms with Gasteiger partial charge < -0.3 is 9.84 Å². The average Bonchev–Trinajstić information content (AvgIpc) is 2.85. The highest BCUT2D eigenvalue weighted by Gasteiger charge is 2.15. The van der Waals surface area contributed by atoms with Crippen LogP contribution in [0, 0.1) is 0 Å². The zero-order valence-corrected chi connectivity index (χ0v) is 12.4. The van der Waals surface area contributed by atoms with Crippen LogP contribution in [-0.2, 0) is 0 Å². The predicted octanol–water partition coefficient (Wildman–Crippen LogP) is 4.66. The summed E-state index contributed by atoms with van der Waals surface area (Å²) in [6.45, 7) is 2.86. The Morgan fingerprint density at radius 3 is 2.58 bits per heavy atom. The van der Waals surface area contributed by atoms with Gasteiger partial charge in [0, 0.05) is 0 Å². The van der Waals surface area contributed by atoms with Crippen molar-refractivity contribution in [3.8, 4) is 5.75 Å². The van der Waals surface area contributed by atoms with Crippen molar-refractivity contribution in [2.75, 3.05) is 6.61 Å². The minimum atomic E-state index is -0.669. The first-order valence-electron chi connectivity index (χ1n) is 6.36. The molecule has 4 heteroatoms. The van der Waals surface area contributed by atoms with Crippen LogP contribution in [0.25, 0.3) is 0 Å². The molecule has 0 saturated carbocycles. The molecular formula is C15H17ClO2S. The number of ether oxygens (including phenoxy) is 1. The summed E-state index contributed by atoms with van der Waals surface area (Å²) in [5.74, 6) is 0.835. The van der Waals surface area contributed by atoms with Gasteiger partial charge in [0.15, 0.2) is 0 Å². The molecule has 1 aromatic heterocycles. The van der Waals surface area contributed by atoms with Crippen LogP contribution in [0.3, 0.4) is 0 Å². The standard InChI is InChI=1S/C15H17ClO2S/c1-2-3-9-18-12-6-4-11(5-7-12)14(17)15-13(16)8-10-19-15/h4-8,10,14,17H,2-3,9H2,1H3. The number of rotatable bonds is 6. The van der Waals surface area contributed by atoms with Crippen molar-refractivity contribution in [3.63, 3.8) is 0 Å². The van der Waals surface area contributed by atoms with Crippen molar-refractivity contribution in [2.45, 2.75) is 25.9 Å². The fraction of sp³-hybridized carbons (Fsp3) is 0.333. The molecule has 0 aliphatic carbocycles. The zero-order valence-electron chi connectivity index (χ0n) is 10.8. The highest BCUT2D eigenvalue weighted by atomic mass is 35.5. The van der Waals surface area contributed by atoms with Crippen LogP contribution in [0.15, 0.2) is 35.7 Å². The topological polar surface area (TPSA) is 29.5 Å². The number of aliphatic hydroxyl groups is 1. The van der Waals surface area contributed by atoms with E-state index >= 15 is 0 Å². The number of unbranched alkanes of at least 4 members (excludes halogenated alkanes) is 1. The zero-order chi connectivity index (χ0) is 13.7. The molecule has 0 fully saturated rings. The number of thiophene rings is 1. The lowest BCUT2D eigenvalue weighted by atomic mass is 10.1. The average molecular weight is 297 g/mol. The van der Waals surface area contributed by atoms with Gasteiger partial charge in [0.05, 0.1) is 16.5 Å². The number of halogens is 1. The van der Waals surface area contributed by atoms with Crippen LogP contribution in [0.2, 0.25) is 5.02 Å². The van der Waals surface area contributed by atoms with E-state index in [-0.39, 0.29) is 0 Å². The first-order chi connectivity index (χ1) is 9.22. The molecule has 0 spiro atoms. The third kappa shape index (κ3) is 3.72. The Labute approximate surface area is 122 Å². The lowest BCUT2D eigenvalue weighted by molar-refractivity contribution is 0.224. The summed E-state index contributed by atoms with van der Waals surface area (Å²) in [6, 6.07) is 9.32. The number of aliphatic hydroxyl groups excluding tert-OH is 1. The molecule has 1 atom stereocenters. The van der Waals surface area contributed by atoms with E-state index < -0.39 is 6.10 Å². The second-order valence-corrected chi connectivity index (χ2v) is 5.66. The Morgan fingerprint density at radius 2 is 2.00 bits per heavy atom. The molecule has 0 aliphatic heterocycles. The largest absolute Gasteiger partial charge is 0.494 e. The summed E-state index contributed by atoms with van der Waals surface area (Å²) in [4.78, 5) is 0.779. The molecule has 1 unspecified atom stereocenters. The SMILES string of the molecule is CCCCOc1ccc(C(O)c2sccc2Cl)cc1. The molecule has 0 radical (unpaired) electrons. The molecule has 0 amide bonds. The van der Waals surface area contributed by atoms with Gasteiger partial charge in [-0.25, -0.2) is 0 Å². The normalized spacial score (nSPS) is 12.4. The highest BCUT2D eigenvalue weighted by Crippen LogP contribution is 2.33. The maximum atomic E-state index is 10.3. The molecule has 102 valence electrons. The summed E-state index contributed by atoms with van der Waals surface area (Å²) in [7, 11) is 0.